The van der Waals surface area contributed by atoms with Crippen LogP contribution in [0.4, 0.5) is 5.82 Å². The van der Waals surface area contributed by atoms with Crippen LogP contribution in [0.15, 0.2) is 35.0 Å². The lowest BCUT2D eigenvalue weighted by Crippen LogP contribution is -2.47. The van der Waals surface area contributed by atoms with E-state index in [-0.39, 0.29) is 0 Å². The second-order valence-corrected chi connectivity index (χ2v) is 8.72. The summed E-state index contributed by atoms with van der Waals surface area (Å²) in [5, 5.41) is 8.49. The maximum Gasteiger partial charge on any atom is 0.211 e. The molecule has 0 unspecified atom stereocenters. The van der Waals surface area contributed by atoms with Crippen molar-refractivity contribution in [2.45, 2.75) is 6.54 Å². The summed E-state index contributed by atoms with van der Waals surface area (Å²) in [6.45, 7) is 4.91. The lowest BCUT2D eigenvalue weighted by Gasteiger charge is -2.33. The van der Waals surface area contributed by atoms with E-state index in [1.54, 1.807) is 4.31 Å². The zero-order valence-corrected chi connectivity index (χ0v) is 15.6. The summed E-state index contributed by atoms with van der Waals surface area (Å²) in [4.78, 5) is 4.31. The van der Waals surface area contributed by atoms with Crippen molar-refractivity contribution >= 4 is 26.8 Å². The zero-order valence-electron chi connectivity index (χ0n) is 14.8. The summed E-state index contributed by atoms with van der Waals surface area (Å²) in [7, 11) is -3.09. The quantitative estimate of drug-likeness (QED) is 0.843. The Hall–Kier alpha value is -1.94. The third-order valence-corrected chi connectivity index (χ3v) is 6.13. The Morgan fingerprint density at radius 3 is 2.73 bits per heavy atom. The van der Waals surface area contributed by atoms with Gasteiger partial charge in [0.05, 0.1) is 18.3 Å². The number of piperazine rings is 1. The van der Waals surface area contributed by atoms with Crippen LogP contribution in [-0.4, -0.2) is 68.4 Å². The Kier molecular flexibility index (Phi) is 4.70. The predicted octanol–water partition coefficient (Wildman–Crippen LogP) is 0.786. The van der Waals surface area contributed by atoms with Crippen LogP contribution in [0.5, 0.6) is 0 Å². The minimum Gasteiger partial charge on any atom is -0.354 e. The van der Waals surface area contributed by atoms with Gasteiger partial charge in [0.2, 0.25) is 10.0 Å². The van der Waals surface area contributed by atoms with Gasteiger partial charge in [0.15, 0.2) is 11.4 Å². The number of hydrogen-bond acceptors (Lipinski definition) is 7. The number of nitrogens with one attached hydrogen (secondary N) is 1. The number of anilines is 1. The van der Waals surface area contributed by atoms with Crippen molar-refractivity contribution in [3.8, 4) is 0 Å². The Bertz CT molecular complexity index is 916. The van der Waals surface area contributed by atoms with Gasteiger partial charge < -0.3 is 9.42 Å². The Balaban J connectivity index is 1.49. The van der Waals surface area contributed by atoms with Crippen molar-refractivity contribution in [3.63, 3.8) is 0 Å². The molecule has 1 saturated heterocycles. The average molecular weight is 377 g/mol. The van der Waals surface area contributed by atoms with Gasteiger partial charge in [-0.15, -0.1) is 0 Å². The van der Waals surface area contributed by atoms with Crippen molar-refractivity contribution in [2.24, 2.45) is 0 Å². The Morgan fingerprint density at radius 1 is 1.23 bits per heavy atom. The highest BCUT2D eigenvalue weighted by Crippen LogP contribution is 2.28. The van der Waals surface area contributed by atoms with E-state index in [0.29, 0.717) is 19.8 Å². The molecule has 0 spiro atoms. The van der Waals surface area contributed by atoms with Crippen molar-refractivity contribution in [2.75, 3.05) is 50.5 Å². The molecular weight excluding hydrogens is 354 g/mol. The molecule has 0 aliphatic carbocycles. The van der Waals surface area contributed by atoms with E-state index < -0.39 is 10.0 Å². The van der Waals surface area contributed by atoms with Gasteiger partial charge in [0.25, 0.3) is 0 Å². The summed E-state index contributed by atoms with van der Waals surface area (Å²) in [6.07, 6.45) is 5.34. The normalized spacial score (nSPS) is 20.1. The Labute approximate surface area is 153 Å². The fourth-order valence-corrected chi connectivity index (χ4v) is 4.23. The lowest BCUT2D eigenvalue weighted by molar-refractivity contribution is 0.182. The molecule has 0 amide bonds. The highest BCUT2D eigenvalue weighted by Gasteiger charge is 2.23. The molecule has 0 saturated carbocycles. The van der Waals surface area contributed by atoms with Gasteiger partial charge in [0, 0.05) is 45.5 Å². The summed E-state index contributed by atoms with van der Waals surface area (Å²) in [5.41, 5.74) is 1.94. The molecule has 1 aromatic carbocycles. The number of aromatic nitrogens is 1. The third kappa shape index (κ3) is 3.61. The summed E-state index contributed by atoms with van der Waals surface area (Å²) < 4.78 is 30.3. The molecular formula is C17H23N5O3S. The largest absolute Gasteiger partial charge is 0.354 e. The van der Waals surface area contributed by atoms with Crippen LogP contribution < -0.4 is 10.2 Å². The lowest BCUT2D eigenvalue weighted by atomic mass is 10.1. The molecule has 140 valence electrons. The van der Waals surface area contributed by atoms with Gasteiger partial charge in [-0.2, -0.15) is 4.31 Å². The van der Waals surface area contributed by atoms with Crippen LogP contribution in [0, 0.1) is 0 Å². The van der Waals surface area contributed by atoms with Crippen molar-refractivity contribution < 1.29 is 12.9 Å². The van der Waals surface area contributed by atoms with Crippen molar-refractivity contribution in [1.29, 1.82) is 0 Å². The SMILES string of the molecule is CS(=O)(=O)N1CCN(Cc2ccc3onc(N4C=CCNC4)c3c2)CC1. The molecule has 26 heavy (non-hydrogen) atoms. The predicted molar refractivity (Wildman–Crippen MR) is 100 cm³/mol. The molecule has 3 heterocycles. The van der Waals surface area contributed by atoms with Gasteiger partial charge in [-0.1, -0.05) is 17.3 Å². The first kappa shape index (κ1) is 17.5. The number of sulfonamides is 1. The minimum absolute atomic E-state index is 0.545. The summed E-state index contributed by atoms with van der Waals surface area (Å²) in [6, 6.07) is 6.12. The van der Waals surface area contributed by atoms with Crippen LogP contribution >= 0.6 is 0 Å². The zero-order chi connectivity index (χ0) is 18.1. The van der Waals surface area contributed by atoms with Gasteiger partial charge in [-0.05, 0) is 17.7 Å². The first-order valence-corrected chi connectivity index (χ1v) is 10.6. The van der Waals surface area contributed by atoms with Gasteiger partial charge in [-0.25, -0.2) is 8.42 Å². The highest BCUT2D eigenvalue weighted by molar-refractivity contribution is 7.88. The fourth-order valence-electron chi connectivity index (χ4n) is 3.40. The van der Waals surface area contributed by atoms with Crippen LogP contribution in [0.3, 0.4) is 0 Å². The summed E-state index contributed by atoms with van der Waals surface area (Å²) >= 11 is 0. The average Bonchev–Trinajstić information content (AvgIpc) is 3.05. The number of nitrogens with zero attached hydrogens (tertiary/aromatic N) is 4. The van der Waals surface area contributed by atoms with E-state index >= 15 is 0 Å². The van der Waals surface area contributed by atoms with E-state index in [2.05, 4.69) is 27.5 Å². The van der Waals surface area contributed by atoms with E-state index in [4.69, 9.17) is 4.52 Å². The molecule has 9 heteroatoms. The smallest absolute Gasteiger partial charge is 0.211 e. The molecule has 2 aromatic rings. The molecule has 1 aromatic heterocycles. The van der Waals surface area contributed by atoms with Crippen LogP contribution in [0.2, 0.25) is 0 Å². The molecule has 0 atom stereocenters. The monoisotopic (exact) mass is 377 g/mol. The van der Waals surface area contributed by atoms with Crippen molar-refractivity contribution in [3.05, 3.63) is 36.0 Å². The topological polar surface area (TPSA) is 81.9 Å². The Morgan fingerprint density at radius 2 is 2.04 bits per heavy atom. The molecule has 1 N–H and O–H groups in total. The second-order valence-electron chi connectivity index (χ2n) is 6.74. The van der Waals surface area contributed by atoms with Crippen LogP contribution in [0.25, 0.3) is 11.0 Å². The first-order chi connectivity index (χ1) is 12.5. The molecule has 8 nitrogen and oxygen atoms in total. The number of hydrogen-bond donors (Lipinski definition) is 1. The first-order valence-electron chi connectivity index (χ1n) is 8.70. The molecule has 4 rings (SSSR count). The van der Waals surface area contributed by atoms with Gasteiger partial charge in [0.1, 0.15) is 0 Å². The fraction of sp³-hybridized carbons (Fsp3) is 0.471. The number of benzene rings is 1. The van der Waals surface area contributed by atoms with Crippen LogP contribution in [0.1, 0.15) is 5.56 Å². The van der Waals surface area contributed by atoms with E-state index in [9.17, 15) is 8.42 Å². The minimum atomic E-state index is -3.09. The molecule has 0 bridgehead atoms. The van der Waals surface area contributed by atoms with E-state index in [0.717, 1.165) is 43.0 Å². The van der Waals surface area contributed by atoms with Crippen LogP contribution in [-0.2, 0) is 16.6 Å². The number of fused-ring (bicyclic) bond motifs is 1. The number of rotatable bonds is 4. The standard InChI is InChI=1S/C17H23N5O3S/c1-26(23,24)22-9-7-20(8-10-22)12-14-3-4-16-15(11-14)17(19-25-16)21-6-2-5-18-13-21/h2-4,6,11,18H,5,7-10,12-13H2,1H3. The van der Waals surface area contributed by atoms with E-state index in [1.165, 1.54) is 11.8 Å². The molecule has 2 aliphatic heterocycles. The molecule has 2 aliphatic rings. The maximum absolute atomic E-state index is 11.6. The molecule has 0 radical (unpaired) electrons. The summed E-state index contributed by atoms with van der Waals surface area (Å²) in [5.74, 6) is 0.812. The maximum atomic E-state index is 11.6. The molecule has 1 fully saturated rings. The highest BCUT2D eigenvalue weighted by atomic mass is 32.2. The van der Waals surface area contributed by atoms with Crippen molar-refractivity contribution in [1.82, 2.24) is 19.7 Å². The van der Waals surface area contributed by atoms with Gasteiger partial charge in [-0.3, -0.25) is 10.2 Å². The van der Waals surface area contributed by atoms with E-state index in [1.807, 2.05) is 23.2 Å². The third-order valence-electron chi connectivity index (χ3n) is 4.82. The van der Waals surface area contributed by atoms with Gasteiger partial charge >= 0.3 is 0 Å². The second kappa shape index (κ2) is 6.99.